The Kier molecular flexibility index (Phi) is 16.4. The second-order valence-electron chi connectivity index (χ2n) is 5.56. The van der Waals surface area contributed by atoms with Gasteiger partial charge in [-0.2, -0.15) is 8.78 Å². The van der Waals surface area contributed by atoms with Crippen LogP contribution in [-0.2, 0) is 16.0 Å². The highest BCUT2D eigenvalue weighted by Gasteiger charge is 2.11. The molecule has 2 N–H and O–H groups in total. The number of nitrogens with one attached hydrogen (secondary N) is 2. The van der Waals surface area contributed by atoms with E-state index in [0.717, 1.165) is 19.4 Å². The molecule has 10 heteroatoms. The van der Waals surface area contributed by atoms with Crippen LogP contribution in [0.5, 0.6) is 5.75 Å². The molecule has 0 radical (unpaired) electrons. The largest absolute Gasteiger partial charge is 0.434 e. The van der Waals surface area contributed by atoms with E-state index in [4.69, 9.17) is 21.1 Å². The third-order valence-corrected chi connectivity index (χ3v) is 3.70. The van der Waals surface area contributed by atoms with Crippen LogP contribution in [0, 0.1) is 0 Å². The second-order valence-corrected chi connectivity index (χ2v) is 6.00. The molecule has 0 bridgehead atoms. The number of hydrogen-bond donors (Lipinski definition) is 2. The van der Waals surface area contributed by atoms with Crippen molar-refractivity contribution in [1.29, 1.82) is 0 Å². The lowest BCUT2D eigenvalue weighted by Crippen LogP contribution is -2.38. The summed E-state index contributed by atoms with van der Waals surface area (Å²) in [5.41, 5.74) is 0.506. The quantitative estimate of drug-likeness (QED) is 0.173. The SMILES string of the molecule is CCCCOCCOCCNC(=NC)NCc1cc(Cl)ccc1OC(F)F.I. The van der Waals surface area contributed by atoms with Crippen LogP contribution in [0.4, 0.5) is 8.78 Å². The van der Waals surface area contributed by atoms with Crippen molar-refractivity contribution in [2.45, 2.75) is 32.9 Å². The van der Waals surface area contributed by atoms with E-state index in [1.807, 2.05) is 0 Å². The monoisotopic (exact) mass is 535 g/mol. The summed E-state index contributed by atoms with van der Waals surface area (Å²) in [6.45, 7) is 2.36. The van der Waals surface area contributed by atoms with Gasteiger partial charge in [0.15, 0.2) is 5.96 Å². The van der Waals surface area contributed by atoms with Crippen molar-refractivity contribution in [3.8, 4) is 5.75 Å². The van der Waals surface area contributed by atoms with Crippen LogP contribution < -0.4 is 15.4 Å². The van der Waals surface area contributed by atoms with Crippen LogP contribution in [-0.4, -0.2) is 52.6 Å². The molecule has 0 saturated heterocycles. The molecular weight excluding hydrogens is 507 g/mol. The van der Waals surface area contributed by atoms with E-state index >= 15 is 0 Å². The zero-order valence-corrected chi connectivity index (χ0v) is 19.3. The first-order valence-electron chi connectivity index (χ1n) is 8.90. The molecule has 0 atom stereocenters. The van der Waals surface area contributed by atoms with Gasteiger partial charge in [0.2, 0.25) is 0 Å². The Morgan fingerprint density at radius 2 is 1.86 bits per heavy atom. The van der Waals surface area contributed by atoms with Gasteiger partial charge in [0.25, 0.3) is 0 Å². The Balaban J connectivity index is 0.00000729. The van der Waals surface area contributed by atoms with Crippen molar-refractivity contribution in [3.63, 3.8) is 0 Å². The molecular formula is C18H29ClF2IN3O3. The molecule has 1 aromatic carbocycles. The van der Waals surface area contributed by atoms with Crippen LogP contribution in [0.2, 0.25) is 5.02 Å². The fraction of sp³-hybridized carbons (Fsp3) is 0.611. The molecule has 0 amide bonds. The summed E-state index contributed by atoms with van der Waals surface area (Å²) in [6, 6.07) is 4.48. The second kappa shape index (κ2) is 17.0. The highest BCUT2D eigenvalue weighted by Crippen LogP contribution is 2.24. The van der Waals surface area contributed by atoms with E-state index in [2.05, 4.69) is 27.3 Å². The van der Waals surface area contributed by atoms with Crippen LogP contribution in [0.1, 0.15) is 25.3 Å². The number of alkyl halides is 2. The number of halogens is 4. The fourth-order valence-corrected chi connectivity index (χ4v) is 2.30. The molecule has 28 heavy (non-hydrogen) atoms. The smallest absolute Gasteiger partial charge is 0.387 e. The molecule has 0 aromatic heterocycles. The summed E-state index contributed by atoms with van der Waals surface area (Å²) in [7, 11) is 1.62. The first-order chi connectivity index (χ1) is 13.1. The van der Waals surface area contributed by atoms with Crippen molar-refractivity contribution in [3.05, 3.63) is 28.8 Å². The van der Waals surface area contributed by atoms with Gasteiger partial charge in [-0.1, -0.05) is 24.9 Å². The summed E-state index contributed by atoms with van der Waals surface area (Å²) in [5.74, 6) is 0.588. The van der Waals surface area contributed by atoms with E-state index < -0.39 is 6.61 Å². The average Bonchev–Trinajstić information content (AvgIpc) is 2.64. The Morgan fingerprint density at radius 3 is 2.50 bits per heavy atom. The molecule has 0 aliphatic heterocycles. The lowest BCUT2D eigenvalue weighted by atomic mass is 10.2. The van der Waals surface area contributed by atoms with Crippen LogP contribution in [0.3, 0.4) is 0 Å². The van der Waals surface area contributed by atoms with Gasteiger partial charge in [0.1, 0.15) is 5.75 Å². The number of unbranched alkanes of at least 4 members (excludes halogenated alkanes) is 1. The molecule has 0 saturated carbocycles. The Hall–Kier alpha value is -0.910. The minimum atomic E-state index is -2.90. The molecule has 0 aliphatic carbocycles. The van der Waals surface area contributed by atoms with Crippen molar-refractivity contribution < 1.29 is 23.0 Å². The van der Waals surface area contributed by atoms with Gasteiger partial charge < -0.3 is 24.8 Å². The number of aliphatic imine (C=N–C) groups is 1. The highest BCUT2D eigenvalue weighted by molar-refractivity contribution is 14.0. The van der Waals surface area contributed by atoms with Gasteiger partial charge in [-0.15, -0.1) is 24.0 Å². The number of ether oxygens (including phenoxy) is 3. The summed E-state index contributed by atoms with van der Waals surface area (Å²) in [5, 5.41) is 6.54. The van der Waals surface area contributed by atoms with Crippen LogP contribution in [0.25, 0.3) is 0 Å². The van der Waals surface area contributed by atoms with E-state index in [1.165, 1.54) is 12.1 Å². The molecule has 0 fully saturated rings. The summed E-state index contributed by atoms with van der Waals surface area (Å²) >= 11 is 5.93. The molecule has 162 valence electrons. The lowest BCUT2D eigenvalue weighted by Gasteiger charge is -2.15. The van der Waals surface area contributed by atoms with E-state index in [9.17, 15) is 8.78 Å². The first kappa shape index (κ1) is 27.1. The fourth-order valence-electron chi connectivity index (χ4n) is 2.11. The van der Waals surface area contributed by atoms with Gasteiger partial charge in [-0.05, 0) is 24.6 Å². The van der Waals surface area contributed by atoms with E-state index in [0.29, 0.717) is 42.9 Å². The number of benzene rings is 1. The summed E-state index contributed by atoms with van der Waals surface area (Å²) in [4.78, 5) is 4.08. The van der Waals surface area contributed by atoms with Crippen molar-refractivity contribution in [2.24, 2.45) is 4.99 Å². The third kappa shape index (κ3) is 12.5. The Labute approximate surface area is 187 Å². The zero-order valence-electron chi connectivity index (χ0n) is 16.2. The Morgan fingerprint density at radius 1 is 1.14 bits per heavy atom. The molecule has 6 nitrogen and oxygen atoms in total. The number of guanidine groups is 1. The maximum absolute atomic E-state index is 12.5. The van der Waals surface area contributed by atoms with Gasteiger partial charge in [-0.3, -0.25) is 4.99 Å². The predicted octanol–water partition coefficient (Wildman–Crippen LogP) is 4.06. The minimum absolute atomic E-state index is 0. The van der Waals surface area contributed by atoms with Gasteiger partial charge in [0, 0.05) is 37.3 Å². The van der Waals surface area contributed by atoms with Gasteiger partial charge >= 0.3 is 6.61 Å². The maximum Gasteiger partial charge on any atom is 0.387 e. The molecule has 0 unspecified atom stereocenters. The Bertz CT molecular complexity index is 569. The molecule has 0 spiro atoms. The first-order valence-corrected chi connectivity index (χ1v) is 9.27. The zero-order chi connectivity index (χ0) is 19.9. The van der Waals surface area contributed by atoms with Gasteiger partial charge in [0.05, 0.1) is 19.8 Å². The lowest BCUT2D eigenvalue weighted by molar-refractivity contribution is -0.0504. The summed E-state index contributed by atoms with van der Waals surface area (Å²) in [6.07, 6.45) is 2.17. The summed E-state index contributed by atoms with van der Waals surface area (Å²) < 4.78 is 40.3. The van der Waals surface area contributed by atoms with Crippen LogP contribution in [0.15, 0.2) is 23.2 Å². The van der Waals surface area contributed by atoms with Crippen molar-refractivity contribution in [2.75, 3.05) is 40.0 Å². The third-order valence-electron chi connectivity index (χ3n) is 3.46. The van der Waals surface area contributed by atoms with Gasteiger partial charge in [-0.25, -0.2) is 0 Å². The van der Waals surface area contributed by atoms with Crippen molar-refractivity contribution in [1.82, 2.24) is 10.6 Å². The van der Waals surface area contributed by atoms with Crippen LogP contribution >= 0.6 is 35.6 Å². The highest BCUT2D eigenvalue weighted by atomic mass is 127. The predicted molar refractivity (Wildman–Crippen MR) is 118 cm³/mol. The molecule has 0 aliphatic rings. The standard InChI is InChI=1S/C18H28ClF2N3O3.HI/c1-3-4-8-25-10-11-26-9-7-23-18(22-2)24-13-14-12-15(19)5-6-16(14)27-17(20)21;/h5-6,12,17H,3-4,7-11,13H2,1-2H3,(H2,22,23,24);1H. The average molecular weight is 536 g/mol. The van der Waals surface area contributed by atoms with Crippen molar-refractivity contribution >= 4 is 41.5 Å². The number of hydrogen-bond acceptors (Lipinski definition) is 4. The maximum atomic E-state index is 12.5. The normalized spacial score (nSPS) is 11.3. The van der Waals surface area contributed by atoms with E-state index in [-0.39, 0.29) is 36.3 Å². The number of rotatable bonds is 13. The topological polar surface area (TPSA) is 64.1 Å². The number of nitrogens with zero attached hydrogens (tertiary/aromatic N) is 1. The molecule has 0 heterocycles. The van der Waals surface area contributed by atoms with E-state index in [1.54, 1.807) is 13.1 Å². The molecule has 1 rings (SSSR count). The minimum Gasteiger partial charge on any atom is -0.434 e. The molecule has 1 aromatic rings.